The Balaban J connectivity index is 1.92. The number of aromatic nitrogens is 3. The quantitative estimate of drug-likeness (QED) is 0.835. The van der Waals surface area contributed by atoms with Crippen molar-refractivity contribution < 1.29 is 0 Å². The first-order valence-corrected chi connectivity index (χ1v) is 5.67. The lowest BCUT2D eigenvalue weighted by Gasteiger charge is -2.04. The molecule has 2 rings (SSSR count). The van der Waals surface area contributed by atoms with Crippen LogP contribution in [0.1, 0.15) is 19.0 Å². The molecule has 2 aromatic rings. The van der Waals surface area contributed by atoms with E-state index in [4.69, 9.17) is 0 Å². The van der Waals surface area contributed by atoms with Gasteiger partial charge in [0.25, 0.3) is 0 Å². The summed E-state index contributed by atoms with van der Waals surface area (Å²) in [5, 5.41) is 7.74. The highest BCUT2D eigenvalue weighted by Gasteiger charge is 1.99. The molecule has 16 heavy (non-hydrogen) atoms. The molecule has 86 valence electrons. The predicted octanol–water partition coefficient (Wildman–Crippen LogP) is 2.24. The monoisotopic (exact) mass is 218 g/mol. The zero-order chi connectivity index (χ0) is 11.4. The molecule has 1 N–H and O–H groups in total. The van der Waals surface area contributed by atoms with E-state index in [1.165, 1.54) is 5.69 Å². The fourth-order valence-electron chi connectivity index (χ4n) is 1.67. The molecule has 0 radical (unpaired) electrons. The Morgan fingerprint density at radius 3 is 2.88 bits per heavy atom. The van der Waals surface area contributed by atoms with E-state index >= 15 is 0 Å². The van der Waals surface area contributed by atoms with Gasteiger partial charge in [-0.3, -0.25) is 4.68 Å². The van der Waals surface area contributed by atoms with Crippen LogP contribution in [-0.4, -0.2) is 14.3 Å². The van der Waals surface area contributed by atoms with Crippen LogP contribution in [0.25, 0.3) is 0 Å². The second-order valence-corrected chi connectivity index (χ2v) is 3.93. The van der Waals surface area contributed by atoms with Crippen molar-refractivity contribution in [1.29, 1.82) is 0 Å². The number of hydrogen-bond acceptors (Lipinski definition) is 2. The molecule has 4 nitrogen and oxygen atoms in total. The summed E-state index contributed by atoms with van der Waals surface area (Å²) in [6, 6.07) is 6.17. The van der Waals surface area contributed by atoms with Crippen molar-refractivity contribution in [3.63, 3.8) is 0 Å². The maximum absolute atomic E-state index is 4.43. The van der Waals surface area contributed by atoms with Crippen LogP contribution < -0.4 is 5.32 Å². The van der Waals surface area contributed by atoms with Crippen LogP contribution in [0, 0.1) is 0 Å². The van der Waals surface area contributed by atoms with Gasteiger partial charge in [0.05, 0.1) is 6.54 Å². The second kappa shape index (κ2) is 4.88. The molecule has 0 aliphatic rings. The Kier molecular flexibility index (Phi) is 3.29. The van der Waals surface area contributed by atoms with Crippen molar-refractivity contribution >= 4 is 5.82 Å². The van der Waals surface area contributed by atoms with Crippen LogP contribution in [0.5, 0.6) is 0 Å². The zero-order valence-corrected chi connectivity index (χ0v) is 9.85. The molecule has 0 saturated heterocycles. The number of aryl methyl sites for hydroxylation is 2. The number of rotatable bonds is 5. The topological polar surface area (TPSA) is 34.8 Å². The molecular weight excluding hydrogens is 200 g/mol. The smallest absolute Gasteiger partial charge is 0.148 e. The van der Waals surface area contributed by atoms with E-state index in [1.54, 1.807) is 0 Å². The molecule has 0 atom stereocenters. The van der Waals surface area contributed by atoms with E-state index in [-0.39, 0.29) is 0 Å². The van der Waals surface area contributed by atoms with E-state index < -0.39 is 0 Å². The molecule has 0 fully saturated rings. The fourth-order valence-corrected chi connectivity index (χ4v) is 1.67. The molecule has 0 amide bonds. The third kappa shape index (κ3) is 2.45. The molecule has 0 bridgehead atoms. The highest BCUT2D eigenvalue weighted by Crippen LogP contribution is 2.06. The van der Waals surface area contributed by atoms with Gasteiger partial charge in [-0.1, -0.05) is 6.92 Å². The number of anilines is 1. The molecule has 4 heteroatoms. The average molecular weight is 218 g/mol. The maximum Gasteiger partial charge on any atom is 0.148 e. The lowest BCUT2D eigenvalue weighted by molar-refractivity contribution is 0.604. The highest BCUT2D eigenvalue weighted by atomic mass is 15.3. The molecule has 0 aliphatic carbocycles. The van der Waals surface area contributed by atoms with E-state index in [9.17, 15) is 0 Å². The van der Waals surface area contributed by atoms with Crippen molar-refractivity contribution in [3.8, 4) is 0 Å². The van der Waals surface area contributed by atoms with Gasteiger partial charge in [0.1, 0.15) is 5.82 Å². The number of hydrogen-bond donors (Lipinski definition) is 1. The minimum absolute atomic E-state index is 0.812. The summed E-state index contributed by atoms with van der Waals surface area (Å²) < 4.78 is 4.07. The summed E-state index contributed by atoms with van der Waals surface area (Å²) in [5.74, 6) is 0.939. The van der Waals surface area contributed by atoms with E-state index in [0.717, 1.165) is 25.3 Å². The van der Waals surface area contributed by atoms with Crippen LogP contribution in [-0.2, 0) is 20.1 Å². The number of nitrogens with one attached hydrogen (secondary N) is 1. The minimum atomic E-state index is 0.812. The lowest BCUT2D eigenvalue weighted by atomic mass is 10.4. The van der Waals surface area contributed by atoms with Crippen molar-refractivity contribution in [1.82, 2.24) is 14.3 Å². The Hall–Kier alpha value is -1.71. The van der Waals surface area contributed by atoms with E-state index in [1.807, 2.05) is 36.3 Å². The molecule has 2 heterocycles. The first kappa shape index (κ1) is 10.8. The molecule has 0 spiro atoms. The predicted molar refractivity (Wildman–Crippen MR) is 65.3 cm³/mol. The SMILES string of the molecule is CCCn1ccc(NCc2cccn2C)n1. The average Bonchev–Trinajstić information content (AvgIpc) is 2.86. The Morgan fingerprint density at radius 2 is 2.19 bits per heavy atom. The highest BCUT2D eigenvalue weighted by molar-refractivity contribution is 5.33. The van der Waals surface area contributed by atoms with E-state index in [2.05, 4.69) is 28.0 Å². The van der Waals surface area contributed by atoms with Gasteiger partial charge < -0.3 is 9.88 Å². The van der Waals surface area contributed by atoms with Crippen LogP contribution in [0.3, 0.4) is 0 Å². The van der Waals surface area contributed by atoms with Gasteiger partial charge in [-0.2, -0.15) is 5.10 Å². The maximum atomic E-state index is 4.43. The van der Waals surface area contributed by atoms with Gasteiger partial charge in [0, 0.05) is 37.7 Å². The summed E-state index contributed by atoms with van der Waals surface area (Å²) in [6.07, 6.45) is 5.17. The molecule has 0 aromatic carbocycles. The summed E-state index contributed by atoms with van der Waals surface area (Å²) in [5.41, 5.74) is 1.25. The Bertz CT molecular complexity index is 441. The van der Waals surface area contributed by atoms with Crippen LogP contribution >= 0.6 is 0 Å². The second-order valence-electron chi connectivity index (χ2n) is 3.93. The van der Waals surface area contributed by atoms with Crippen molar-refractivity contribution in [2.24, 2.45) is 7.05 Å². The van der Waals surface area contributed by atoms with Crippen LogP contribution in [0.4, 0.5) is 5.82 Å². The summed E-state index contributed by atoms with van der Waals surface area (Å²) >= 11 is 0. The fraction of sp³-hybridized carbons (Fsp3) is 0.417. The Morgan fingerprint density at radius 1 is 1.31 bits per heavy atom. The first-order valence-electron chi connectivity index (χ1n) is 5.67. The standard InChI is InChI=1S/C12H18N4/c1-3-7-16-9-6-12(14-16)13-10-11-5-4-8-15(11)2/h4-6,8-9H,3,7,10H2,1-2H3,(H,13,14). The van der Waals surface area contributed by atoms with Crippen molar-refractivity contribution in [3.05, 3.63) is 36.3 Å². The van der Waals surface area contributed by atoms with Gasteiger partial charge in [-0.25, -0.2) is 0 Å². The first-order chi connectivity index (χ1) is 7.79. The number of nitrogens with zero attached hydrogens (tertiary/aromatic N) is 3. The zero-order valence-electron chi connectivity index (χ0n) is 9.85. The van der Waals surface area contributed by atoms with Gasteiger partial charge in [0.2, 0.25) is 0 Å². The Labute approximate surface area is 95.9 Å². The van der Waals surface area contributed by atoms with Gasteiger partial charge in [-0.05, 0) is 18.6 Å². The largest absolute Gasteiger partial charge is 0.363 e. The third-order valence-electron chi connectivity index (χ3n) is 2.60. The summed E-state index contributed by atoms with van der Waals surface area (Å²) in [4.78, 5) is 0. The summed E-state index contributed by atoms with van der Waals surface area (Å²) in [7, 11) is 2.05. The normalized spacial score (nSPS) is 10.6. The third-order valence-corrected chi connectivity index (χ3v) is 2.60. The minimum Gasteiger partial charge on any atom is -0.363 e. The van der Waals surface area contributed by atoms with Crippen molar-refractivity contribution in [2.45, 2.75) is 26.4 Å². The molecule has 2 aromatic heterocycles. The molecular formula is C12H18N4. The summed E-state index contributed by atoms with van der Waals surface area (Å²) in [6.45, 7) is 3.94. The molecule has 0 aliphatic heterocycles. The van der Waals surface area contributed by atoms with E-state index in [0.29, 0.717) is 0 Å². The van der Waals surface area contributed by atoms with Crippen molar-refractivity contribution in [2.75, 3.05) is 5.32 Å². The molecule has 0 saturated carbocycles. The van der Waals surface area contributed by atoms with Crippen LogP contribution in [0.2, 0.25) is 0 Å². The molecule has 0 unspecified atom stereocenters. The lowest BCUT2D eigenvalue weighted by Crippen LogP contribution is -2.05. The van der Waals surface area contributed by atoms with Gasteiger partial charge >= 0.3 is 0 Å². The van der Waals surface area contributed by atoms with Crippen LogP contribution in [0.15, 0.2) is 30.6 Å². The van der Waals surface area contributed by atoms with Gasteiger partial charge in [-0.15, -0.1) is 0 Å². The van der Waals surface area contributed by atoms with Gasteiger partial charge in [0.15, 0.2) is 0 Å².